The van der Waals surface area contributed by atoms with Crippen LogP contribution >= 0.6 is 0 Å². The Labute approximate surface area is 125 Å². The molecule has 1 aliphatic rings. The number of aromatic hydroxyl groups is 1. The lowest BCUT2D eigenvalue weighted by Crippen LogP contribution is -2.48. The fraction of sp³-hybridized carbons (Fsp3) is 0.562. The summed E-state index contributed by atoms with van der Waals surface area (Å²) in [7, 11) is 0. The number of carbonyl (C=O) groups excluding carboxylic acids is 1. The smallest absolute Gasteiger partial charge is 0.239 e. The summed E-state index contributed by atoms with van der Waals surface area (Å²) in [6, 6.07) is 6.20. The SMILES string of the molecule is CC(O)C1CCN(C(=O)C(N)Cc2ccc(O)cc2)CC1. The molecule has 116 valence electrons. The third-order valence-electron chi connectivity index (χ3n) is 4.24. The monoisotopic (exact) mass is 292 g/mol. The zero-order chi connectivity index (χ0) is 15.4. The van der Waals surface area contributed by atoms with Gasteiger partial charge in [-0.25, -0.2) is 0 Å². The molecule has 0 saturated carbocycles. The number of aliphatic hydroxyl groups is 1. The van der Waals surface area contributed by atoms with Gasteiger partial charge in [-0.15, -0.1) is 0 Å². The van der Waals surface area contributed by atoms with E-state index in [4.69, 9.17) is 5.73 Å². The number of likely N-dealkylation sites (tertiary alicyclic amines) is 1. The van der Waals surface area contributed by atoms with Gasteiger partial charge in [0.1, 0.15) is 5.75 Å². The molecule has 1 amide bonds. The van der Waals surface area contributed by atoms with Gasteiger partial charge in [0.25, 0.3) is 0 Å². The zero-order valence-corrected chi connectivity index (χ0v) is 12.4. The second-order valence-electron chi connectivity index (χ2n) is 5.88. The van der Waals surface area contributed by atoms with Crippen LogP contribution in [-0.2, 0) is 11.2 Å². The first kappa shape index (κ1) is 15.8. The van der Waals surface area contributed by atoms with Gasteiger partial charge in [-0.2, -0.15) is 0 Å². The van der Waals surface area contributed by atoms with Gasteiger partial charge in [-0.3, -0.25) is 4.79 Å². The molecule has 1 aliphatic heterocycles. The predicted octanol–water partition coefficient (Wildman–Crippen LogP) is 0.881. The Hall–Kier alpha value is -1.59. The number of hydrogen-bond acceptors (Lipinski definition) is 4. The minimum atomic E-state index is -0.558. The highest BCUT2D eigenvalue weighted by Crippen LogP contribution is 2.21. The Morgan fingerprint density at radius 2 is 1.90 bits per heavy atom. The molecule has 1 aromatic carbocycles. The Kier molecular flexibility index (Phi) is 5.20. The van der Waals surface area contributed by atoms with Crippen LogP contribution in [-0.4, -0.2) is 46.3 Å². The normalized spacial score (nSPS) is 19.3. The molecule has 5 heteroatoms. The van der Waals surface area contributed by atoms with Crippen molar-refractivity contribution in [2.45, 2.75) is 38.3 Å². The standard InChI is InChI=1S/C16H24N2O3/c1-11(19)13-6-8-18(9-7-13)16(21)15(17)10-12-2-4-14(20)5-3-12/h2-5,11,13,15,19-20H,6-10,17H2,1H3. The van der Waals surface area contributed by atoms with Gasteiger partial charge in [0, 0.05) is 13.1 Å². The maximum Gasteiger partial charge on any atom is 0.239 e. The number of amides is 1. The van der Waals surface area contributed by atoms with Crippen molar-refractivity contribution in [3.63, 3.8) is 0 Å². The molecule has 1 saturated heterocycles. The van der Waals surface area contributed by atoms with E-state index in [0.29, 0.717) is 19.5 Å². The van der Waals surface area contributed by atoms with E-state index in [1.807, 2.05) is 0 Å². The Balaban J connectivity index is 1.87. The fourth-order valence-corrected chi connectivity index (χ4v) is 2.81. The molecule has 1 heterocycles. The lowest BCUT2D eigenvalue weighted by molar-refractivity contribution is -0.134. The molecule has 0 bridgehead atoms. The quantitative estimate of drug-likeness (QED) is 0.769. The molecular weight excluding hydrogens is 268 g/mol. The highest BCUT2D eigenvalue weighted by molar-refractivity contribution is 5.82. The minimum absolute atomic E-state index is 0.0351. The summed E-state index contributed by atoms with van der Waals surface area (Å²) in [5.74, 6) is 0.452. The topological polar surface area (TPSA) is 86.8 Å². The van der Waals surface area contributed by atoms with Gasteiger partial charge in [-0.1, -0.05) is 12.1 Å². The molecule has 1 aromatic rings. The zero-order valence-electron chi connectivity index (χ0n) is 12.4. The molecule has 1 fully saturated rings. The third-order valence-corrected chi connectivity index (χ3v) is 4.24. The lowest BCUT2D eigenvalue weighted by Gasteiger charge is -2.34. The number of piperidine rings is 1. The number of carbonyl (C=O) groups is 1. The largest absolute Gasteiger partial charge is 0.508 e. The van der Waals surface area contributed by atoms with Gasteiger partial charge in [0.05, 0.1) is 12.1 Å². The van der Waals surface area contributed by atoms with E-state index >= 15 is 0 Å². The van der Waals surface area contributed by atoms with Crippen LogP contribution in [0.1, 0.15) is 25.3 Å². The van der Waals surface area contributed by atoms with E-state index in [0.717, 1.165) is 18.4 Å². The van der Waals surface area contributed by atoms with Crippen LogP contribution in [0.3, 0.4) is 0 Å². The number of phenolic OH excluding ortho intramolecular Hbond substituents is 1. The highest BCUT2D eigenvalue weighted by Gasteiger charge is 2.28. The molecule has 0 aliphatic carbocycles. The second kappa shape index (κ2) is 6.91. The molecule has 2 rings (SSSR count). The van der Waals surface area contributed by atoms with E-state index in [1.54, 1.807) is 36.1 Å². The second-order valence-corrected chi connectivity index (χ2v) is 5.88. The fourth-order valence-electron chi connectivity index (χ4n) is 2.81. The maximum atomic E-state index is 12.3. The van der Waals surface area contributed by atoms with E-state index in [1.165, 1.54) is 0 Å². The van der Waals surface area contributed by atoms with Crippen LogP contribution < -0.4 is 5.73 Å². The van der Waals surface area contributed by atoms with Gasteiger partial charge in [-0.05, 0) is 49.8 Å². The average Bonchev–Trinajstić information content (AvgIpc) is 2.49. The van der Waals surface area contributed by atoms with Crippen molar-refractivity contribution in [1.29, 1.82) is 0 Å². The van der Waals surface area contributed by atoms with Crippen molar-refractivity contribution < 1.29 is 15.0 Å². The number of phenols is 1. The molecule has 2 atom stereocenters. The summed E-state index contributed by atoms with van der Waals surface area (Å²) >= 11 is 0. The van der Waals surface area contributed by atoms with Crippen molar-refractivity contribution in [3.05, 3.63) is 29.8 Å². The van der Waals surface area contributed by atoms with E-state index in [2.05, 4.69) is 0 Å². The third kappa shape index (κ3) is 4.19. The first-order valence-corrected chi connectivity index (χ1v) is 7.47. The van der Waals surface area contributed by atoms with E-state index in [9.17, 15) is 15.0 Å². The number of nitrogens with two attached hydrogens (primary N) is 1. The number of aliphatic hydroxyl groups excluding tert-OH is 1. The number of hydrogen-bond donors (Lipinski definition) is 3. The predicted molar refractivity (Wildman–Crippen MR) is 80.8 cm³/mol. The minimum Gasteiger partial charge on any atom is -0.508 e. The molecule has 0 aromatic heterocycles. The lowest BCUT2D eigenvalue weighted by atomic mass is 9.91. The van der Waals surface area contributed by atoms with Crippen LogP contribution in [0.5, 0.6) is 5.75 Å². The summed E-state index contributed by atoms with van der Waals surface area (Å²) < 4.78 is 0. The molecule has 0 radical (unpaired) electrons. The van der Waals surface area contributed by atoms with Gasteiger partial charge in [0.2, 0.25) is 5.91 Å². The average molecular weight is 292 g/mol. The van der Waals surface area contributed by atoms with Gasteiger partial charge in [0.15, 0.2) is 0 Å². The van der Waals surface area contributed by atoms with E-state index in [-0.39, 0.29) is 23.7 Å². The van der Waals surface area contributed by atoms with Crippen molar-refractivity contribution in [2.24, 2.45) is 11.7 Å². The maximum absolute atomic E-state index is 12.3. The van der Waals surface area contributed by atoms with Crippen LogP contribution in [0.15, 0.2) is 24.3 Å². The summed E-state index contributed by atoms with van der Waals surface area (Å²) in [5.41, 5.74) is 6.95. The molecular formula is C16H24N2O3. The first-order valence-electron chi connectivity index (χ1n) is 7.47. The molecule has 21 heavy (non-hydrogen) atoms. The van der Waals surface area contributed by atoms with Crippen molar-refractivity contribution in [3.8, 4) is 5.75 Å². The summed E-state index contributed by atoms with van der Waals surface area (Å²) in [5, 5.41) is 18.8. The Morgan fingerprint density at radius 1 is 1.33 bits per heavy atom. The first-order chi connectivity index (χ1) is 9.97. The van der Waals surface area contributed by atoms with Crippen molar-refractivity contribution in [2.75, 3.05) is 13.1 Å². The van der Waals surface area contributed by atoms with Crippen LogP contribution in [0.25, 0.3) is 0 Å². The molecule has 4 N–H and O–H groups in total. The van der Waals surface area contributed by atoms with Crippen LogP contribution in [0.4, 0.5) is 0 Å². The molecule has 0 spiro atoms. The Morgan fingerprint density at radius 3 is 2.43 bits per heavy atom. The van der Waals surface area contributed by atoms with E-state index < -0.39 is 6.04 Å². The molecule has 2 unspecified atom stereocenters. The number of nitrogens with zero attached hydrogens (tertiary/aromatic N) is 1. The van der Waals surface area contributed by atoms with Crippen molar-refractivity contribution in [1.82, 2.24) is 4.90 Å². The van der Waals surface area contributed by atoms with Gasteiger partial charge < -0.3 is 20.8 Å². The summed E-state index contributed by atoms with van der Waals surface area (Å²) in [6.45, 7) is 3.13. The Bertz CT molecular complexity index is 465. The summed E-state index contributed by atoms with van der Waals surface area (Å²) in [4.78, 5) is 14.1. The van der Waals surface area contributed by atoms with Crippen LogP contribution in [0, 0.1) is 5.92 Å². The van der Waals surface area contributed by atoms with Gasteiger partial charge >= 0.3 is 0 Å². The highest BCUT2D eigenvalue weighted by atomic mass is 16.3. The van der Waals surface area contributed by atoms with Crippen molar-refractivity contribution >= 4 is 5.91 Å². The number of benzene rings is 1. The van der Waals surface area contributed by atoms with Crippen LogP contribution in [0.2, 0.25) is 0 Å². The number of rotatable bonds is 4. The summed E-state index contributed by atoms with van der Waals surface area (Å²) in [6.07, 6.45) is 1.81. The molecule has 5 nitrogen and oxygen atoms in total.